The van der Waals surface area contributed by atoms with Crippen molar-refractivity contribution in [1.29, 1.82) is 0 Å². The smallest absolute Gasteiger partial charge is 0.410 e. The Morgan fingerprint density at radius 3 is 1.96 bits per heavy atom. The SMILES string of the molecule is CCN(CCCON=C(c1ccccc1)c1ccccc1)C(=O)OC(C)(C)C. The molecule has 150 valence electrons. The molecule has 0 unspecified atom stereocenters. The second kappa shape index (κ2) is 10.5. The molecule has 0 spiro atoms. The van der Waals surface area contributed by atoms with Crippen LogP contribution in [0, 0.1) is 0 Å². The van der Waals surface area contributed by atoms with E-state index < -0.39 is 5.60 Å². The van der Waals surface area contributed by atoms with E-state index in [9.17, 15) is 4.79 Å². The molecule has 0 bridgehead atoms. The quantitative estimate of drug-likeness (QED) is 0.362. The summed E-state index contributed by atoms with van der Waals surface area (Å²) >= 11 is 0. The van der Waals surface area contributed by atoms with Crippen molar-refractivity contribution in [1.82, 2.24) is 4.90 Å². The van der Waals surface area contributed by atoms with Crippen molar-refractivity contribution < 1.29 is 14.4 Å². The summed E-state index contributed by atoms with van der Waals surface area (Å²) in [5.74, 6) is 0. The highest BCUT2D eigenvalue weighted by atomic mass is 16.6. The number of hydrogen-bond donors (Lipinski definition) is 0. The number of benzene rings is 2. The first-order valence-corrected chi connectivity index (χ1v) is 9.69. The van der Waals surface area contributed by atoms with Gasteiger partial charge < -0.3 is 14.5 Å². The highest BCUT2D eigenvalue weighted by Gasteiger charge is 2.20. The first kappa shape index (κ1) is 21.5. The molecule has 0 saturated carbocycles. The number of rotatable bonds is 8. The summed E-state index contributed by atoms with van der Waals surface area (Å²) in [5.41, 5.74) is 2.29. The van der Waals surface area contributed by atoms with Crippen molar-refractivity contribution in [2.45, 2.75) is 39.7 Å². The highest BCUT2D eigenvalue weighted by molar-refractivity contribution is 6.12. The standard InChI is InChI=1S/C23H30N2O3/c1-5-25(22(26)28-23(2,3)4)17-12-18-27-24-21(19-13-8-6-9-14-19)20-15-10-7-11-16-20/h6-11,13-16H,5,12,17-18H2,1-4H3. The largest absolute Gasteiger partial charge is 0.444 e. The van der Waals surface area contributed by atoms with Gasteiger partial charge in [-0.25, -0.2) is 4.79 Å². The summed E-state index contributed by atoms with van der Waals surface area (Å²) in [6.45, 7) is 9.11. The second-order valence-corrected chi connectivity index (χ2v) is 7.42. The molecule has 1 amide bonds. The van der Waals surface area contributed by atoms with Gasteiger partial charge in [0.15, 0.2) is 0 Å². The lowest BCUT2D eigenvalue weighted by Crippen LogP contribution is -2.37. The van der Waals surface area contributed by atoms with Crippen molar-refractivity contribution in [2.75, 3.05) is 19.7 Å². The van der Waals surface area contributed by atoms with Gasteiger partial charge in [0, 0.05) is 30.6 Å². The normalized spacial score (nSPS) is 10.9. The molecule has 28 heavy (non-hydrogen) atoms. The second-order valence-electron chi connectivity index (χ2n) is 7.42. The van der Waals surface area contributed by atoms with E-state index in [1.165, 1.54) is 0 Å². The number of nitrogens with zero attached hydrogens (tertiary/aromatic N) is 2. The Kier molecular flexibility index (Phi) is 8.05. The Balaban J connectivity index is 1.94. The van der Waals surface area contributed by atoms with Crippen molar-refractivity contribution in [2.24, 2.45) is 5.16 Å². The molecule has 0 fully saturated rings. The van der Waals surface area contributed by atoms with Crippen LogP contribution in [-0.2, 0) is 9.57 Å². The number of amides is 1. The summed E-state index contributed by atoms with van der Waals surface area (Å²) in [6.07, 6.45) is 0.376. The fourth-order valence-corrected chi connectivity index (χ4v) is 2.60. The van der Waals surface area contributed by atoms with E-state index in [4.69, 9.17) is 9.57 Å². The van der Waals surface area contributed by atoms with E-state index in [2.05, 4.69) is 5.16 Å². The molecule has 0 atom stereocenters. The van der Waals surface area contributed by atoms with E-state index >= 15 is 0 Å². The van der Waals surface area contributed by atoms with Crippen molar-refractivity contribution in [3.63, 3.8) is 0 Å². The molecular formula is C23H30N2O3. The molecule has 5 heteroatoms. The minimum absolute atomic E-state index is 0.298. The van der Waals surface area contributed by atoms with Gasteiger partial charge in [-0.1, -0.05) is 65.8 Å². The molecule has 2 rings (SSSR count). The summed E-state index contributed by atoms with van der Waals surface area (Å²) < 4.78 is 5.42. The van der Waals surface area contributed by atoms with Crippen LogP contribution in [-0.4, -0.2) is 42.0 Å². The first-order chi connectivity index (χ1) is 13.4. The van der Waals surface area contributed by atoms with Gasteiger partial charge in [-0.3, -0.25) is 0 Å². The minimum Gasteiger partial charge on any atom is -0.444 e. The molecule has 0 radical (unpaired) electrons. The van der Waals surface area contributed by atoms with Crippen LogP contribution in [0.2, 0.25) is 0 Å². The molecule has 0 N–H and O–H groups in total. The first-order valence-electron chi connectivity index (χ1n) is 9.69. The van der Waals surface area contributed by atoms with Gasteiger partial charge in [0.25, 0.3) is 0 Å². The molecular weight excluding hydrogens is 352 g/mol. The monoisotopic (exact) mass is 382 g/mol. The number of carbonyl (C=O) groups excluding carboxylic acids is 1. The van der Waals surface area contributed by atoms with Crippen molar-refractivity contribution in [3.8, 4) is 0 Å². The van der Waals surface area contributed by atoms with Crippen LogP contribution in [0.4, 0.5) is 4.79 Å². The highest BCUT2D eigenvalue weighted by Crippen LogP contribution is 2.12. The maximum absolute atomic E-state index is 12.2. The van der Waals surface area contributed by atoms with Gasteiger partial charge >= 0.3 is 6.09 Å². The third-order valence-corrected chi connectivity index (χ3v) is 3.95. The number of ether oxygens (including phenoxy) is 1. The molecule has 0 heterocycles. The Labute approximate surface area is 168 Å². The van der Waals surface area contributed by atoms with Crippen LogP contribution in [0.25, 0.3) is 0 Å². The average molecular weight is 383 g/mol. The van der Waals surface area contributed by atoms with Crippen LogP contribution in [0.1, 0.15) is 45.2 Å². The Morgan fingerprint density at radius 1 is 0.964 bits per heavy atom. The summed E-state index contributed by atoms with van der Waals surface area (Å²) in [4.78, 5) is 19.4. The Morgan fingerprint density at radius 2 is 1.50 bits per heavy atom. The Hall–Kier alpha value is -2.82. The molecule has 2 aromatic rings. The fraction of sp³-hybridized carbons (Fsp3) is 0.391. The van der Waals surface area contributed by atoms with E-state index in [1.807, 2.05) is 88.4 Å². The van der Waals surface area contributed by atoms with Crippen LogP contribution < -0.4 is 0 Å². The third kappa shape index (κ3) is 7.06. The van der Waals surface area contributed by atoms with E-state index in [0.717, 1.165) is 16.8 Å². The molecule has 0 aliphatic heterocycles. The maximum Gasteiger partial charge on any atom is 0.410 e. The fourth-order valence-electron chi connectivity index (χ4n) is 2.60. The van der Waals surface area contributed by atoms with E-state index in [-0.39, 0.29) is 6.09 Å². The Bertz CT molecular complexity index is 711. The van der Waals surface area contributed by atoms with Crippen molar-refractivity contribution in [3.05, 3.63) is 71.8 Å². The topological polar surface area (TPSA) is 51.1 Å². The van der Waals surface area contributed by atoms with Gasteiger partial charge in [-0.05, 0) is 27.7 Å². The molecule has 5 nitrogen and oxygen atoms in total. The van der Waals surface area contributed by atoms with Gasteiger partial charge in [0.2, 0.25) is 0 Å². The molecule has 0 saturated heterocycles. The van der Waals surface area contributed by atoms with Gasteiger partial charge in [-0.2, -0.15) is 0 Å². The number of oxime groups is 1. The predicted octanol–water partition coefficient (Wildman–Crippen LogP) is 5.10. The average Bonchev–Trinajstić information content (AvgIpc) is 2.67. The summed E-state index contributed by atoms with van der Waals surface area (Å²) in [7, 11) is 0. The van der Waals surface area contributed by atoms with E-state index in [1.54, 1.807) is 4.90 Å². The zero-order valence-corrected chi connectivity index (χ0v) is 17.2. The van der Waals surface area contributed by atoms with Crippen LogP contribution in [0.3, 0.4) is 0 Å². The number of carbonyl (C=O) groups is 1. The zero-order valence-electron chi connectivity index (χ0n) is 17.2. The van der Waals surface area contributed by atoms with E-state index in [0.29, 0.717) is 26.1 Å². The maximum atomic E-state index is 12.2. The lowest BCUT2D eigenvalue weighted by molar-refractivity contribution is 0.0240. The number of hydrogen-bond acceptors (Lipinski definition) is 4. The van der Waals surface area contributed by atoms with Gasteiger partial charge in [0.1, 0.15) is 17.9 Å². The van der Waals surface area contributed by atoms with Crippen molar-refractivity contribution >= 4 is 11.8 Å². The van der Waals surface area contributed by atoms with Crippen LogP contribution in [0.15, 0.2) is 65.8 Å². The lowest BCUT2D eigenvalue weighted by atomic mass is 10.0. The minimum atomic E-state index is -0.494. The molecule has 0 aromatic heterocycles. The van der Waals surface area contributed by atoms with Gasteiger partial charge in [-0.15, -0.1) is 0 Å². The van der Waals surface area contributed by atoms with Crippen LogP contribution >= 0.6 is 0 Å². The van der Waals surface area contributed by atoms with Gasteiger partial charge in [0.05, 0.1) is 0 Å². The lowest BCUT2D eigenvalue weighted by Gasteiger charge is -2.26. The van der Waals surface area contributed by atoms with Crippen LogP contribution in [0.5, 0.6) is 0 Å². The summed E-state index contributed by atoms with van der Waals surface area (Å²) in [6, 6.07) is 19.9. The molecule has 2 aromatic carbocycles. The summed E-state index contributed by atoms with van der Waals surface area (Å²) in [5, 5.41) is 4.37. The molecule has 0 aliphatic carbocycles. The molecule has 0 aliphatic rings. The predicted molar refractivity (Wildman–Crippen MR) is 113 cm³/mol. The zero-order chi connectivity index (χ0) is 20.4. The third-order valence-electron chi connectivity index (χ3n) is 3.95.